The van der Waals surface area contributed by atoms with Gasteiger partial charge in [-0.15, -0.1) is 0 Å². The summed E-state index contributed by atoms with van der Waals surface area (Å²) in [6.07, 6.45) is 3.49. The maximum atomic E-state index is 5.41. The normalized spacial score (nSPS) is 13.8. The van der Waals surface area contributed by atoms with Gasteiger partial charge in [0.25, 0.3) is 0 Å². The molecule has 0 saturated carbocycles. The topological polar surface area (TPSA) is 30.5 Å². The minimum Gasteiger partial charge on any atom is -0.493 e. The fourth-order valence-electron chi connectivity index (χ4n) is 2.29. The number of nitrogens with one attached hydrogen (secondary N) is 1. The van der Waals surface area contributed by atoms with E-state index in [1.165, 1.54) is 12.0 Å². The van der Waals surface area contributed by atoms with Crippen molar-refractivity contribution in [1.82, 2.24) is 5.32 Å². The van der Waals surface area contributed by atoms with Gasteiger partial charge < -0.3 is 14.8 Å². The summed E-state index contributed by atoms with van der Waals surface area (Å²) < 4.78 is 10.7. The lowest BCUT2D eigenvalue weighted by atomic mass is 9.94. The molecule has 0 aliphatic carbocycles. The van der Waals surface area contributed by atoms with E-state index in [0.29, 0.717) is 12.0 Å². The molecule has 114 valence electrons. The van der Waals surface area contributed by atoms with Crippen molar-refractivity contribution in [2.45, 2.75) is 46.1 Å². The second-order valence-corrected chi connectivity index (χ2v) is 5.37. The summed E-state index contributed by atoms with van der Waals surface area (Å²) in [5.74, 6) is 2.30. The van der Waals surface area contributed by atoms with Crippen molar-refractivity contribution in [2.75, 3.05) is 20.8 Å². The van der Waals surface area contributed by atoms with Crippen LogP contribution in [0.25, 0.3) is 0 Å². The SMILES string of the molecule is CCCNC(CC(C)CC)c1ccc(OC)c(OC)c1. The van der Waals surface area contributed by atoms with Crippen LogP contribution in [0.1, 0.15) is 51.6 Å². The van der Waals surface area contributed by atoms with Crippen LogP contribution in [0, 0.1) is 5.92 Å². The van der Waals surface area contributed by atoms with Crippen LogP contribution in [-0.4, -0.2) is 20.8 Å². The number of hydrogen-bond donors (Lipinski definition) is 1. The molecule has 0 fully saturated rings. The maximum absolute atomic E-state index is 5.41. The molecule has 2 unspecified atom stereocenters. The molecule has 1 rings (SSSR count). The van der Waals surface area contributed by atoms with Gasteiger partial charge in [0.15, 0.2) is 11.5 Å². The predicted octanol–water partition coefficient (Wildman–Crippen LogP) is 4.18. The molecule has 0 aliphatic rings. The van der Waals surface area contributed by atoms with Crippen LogP contribution in [0.5, 0.6) is 11.5 Å². The van der Waals surface area contributed by atoms with E-state index in [0.717, 1.165) is 30.9 Å². The highest BCUT2D eigenvalue weighted by Gasteiger charge is 2.16. The molecule has 2 atom stereocenters. The minimum absolute atomic E-state index is 0.379. The molecule has 0 aliphatic heterocycles. The van der Waals surface area contributed by atoms with Gasteiger partial charge in [-0.05, 0) is 43.0 Å². The summed E-state index contributed by atoms with van der Waals surface area (Å²) in [5, 5.41) is 3.64. The quantitative estimate of drug-likeness (QED) is 0.735. The number of ether oxygens (including phenoxy) is 2. The average molecular weight is 279 g/mol. The number of rotatable bonds is 9. The molecule has 0 radical (unpaired) electrons. The second-order valence-electron chi connectivity index (χ2n) is 5.37. The standard InChI is InChI=1S/C17H29NO2/c1-6-10-18-15(11-13(3)7-2)14-8-9-16(19-4)17(12-14)20-5/h8-9,12-13,15,18H,6-7,10-11H2,1-5H3. The van der Waals surface area contributed by atoms with Crippen LogP contribution in [0.4, 0.5) is 0 Å². The highest BCUT2D eigenvalue weighted by atomic mass is 16.5. The van der Waals surface area contributed by atoms with Crippen LogP contribution in [0.2, 0.25) is 0 Å². The zero-order valence-electron chi connectivity index (χ0n) is 13.5. The lowest BCUT2D eigenvalue weighted by Gasteiger charge is -2.23. The summed E-state index contributed by atoms with van der Waals surface area (Å²) in [6.45, 7) is 7.79. The first-order valence-corrected chi connectivity index (χ1v) is 7.61. The van der Waals surface area contributed by atoms with E-state index in [4.69, 9.17) is 9.47 Å². The van der Waals surface area contributed by atoms with Crippen molar-refractivity contribution >= 4 is 0 Å². The first kappa shape index (κ1) is 16.8. The predicted molar refractivity (Wildman–Crippen MR) is 84.7 cm³/mol. The van der Waals surface area contributed by atoms with E-state index in [-0.39, 0.29) is 0 Å². The molecule has 0 heterocycles. The Morgan fingerprint density at radius 1 is 1.10 bits per heavy atom. The number of benzene rings is 1. The molecule has 0 saturated heterocycles. The van der Waals surface area contributed by atoms with Crippen LogP contribution in [0.15, 0.2) is 18.2 Å². The molecule has 0 spiro atoms. The first-order valence-electron chi connectivity index (χ1n) is 7.61. The maximum Gasteiger partial charge on any atom is 0.161 e. The van der Waals surface area contributed by atoms with Gasteiger partial charge in [-0.3, -0.25) is 0 Å². The highest BCUT2D eigenvalue weighted by Crippen LogP contribution is 2.32. The monoisotopic (exact) mass is 279 g/mol. The second kappa shape index (κ2) is 8.85. The summed E-state index contributed by atoms with van der Waals surface area (Å²) in [4.78, 5) is 0. The Morgan fingerprint density at radius 3 is 2.35 bits per heavy atom. The summed E-state index contributed by atoms with van der Waals surface area (Å²) in [7, 11) is 3.36. The average Bonchev–Trinajstić information content (AvgIpc) is 2.50. The third-order valence-corrected chi connectivity index (χ3v) is 3.79. The van der Waals surface area contributed by atoms with E-state index >= 15 is 0 Å². The number of methoxy groups -OCH3 is 2. The van der Waals surface area contributed by atoms with Crippen molar-refractivity contribution in [3.8, 4) is 11.5 Å². The smallest absolute Gasteiger partial charge is 0.161 e. The Balaban J connectivity index is 2.93. The van der Waals surface area contributed by atoms with Crippen LogP contribution in [-0.2, 0) is 0 Å². The molecule has 1 N–H and O–H groups in total. The fraction of sp³-hybridized carbons (Fsp3) is 0.647. The van der Waals surface area contributed by atoms with Gasteiger partial charge in [-0.1, -0.05) is 33.3 Å². The van der Waals surface area contributed by atoms with Crippen molar-refractivity contribution < 1.29 is 9.47 Å². The Bertz CT molecular complexity index is 393. The molecule has 3 heteroatoms. The van der Waals surface area contributed by atoms with Crippen LogP contribution < -0.4 is 14.8 Å². The lowest BCUT2D eigenvalue weighted by molar-refractivity contribution is 0.352. The molecule has 1 aromatic rings. The Kier molecular flexibility index (Phi) is 7.45. The molecular formula is C17H29NO2. The summed E-state index contributed by atoms with van der Waals surface area (Å²) in [5.41, 5.74) is 1.27. The van der Waals surface area contributed by atoms with Crippen LogP contribution in [0.3, 0.4) is 0 Å². The Labute approximate surface area is 123 Å². The zero-order valence-corrected chi connectivity index (χ0v) is 13.5. The van der Waals surface area contributed by atoms with Crippen molar-refractivity contribution in [3.05, 3.63) is 23.8 Å². The molecule has 20 heavy (non-hydrogen) atoms. The molecule has 0 amide bonds. The van der Waals surface area contributed by atoms with E-state index in [9.17, 15) is 0 Å². The minimum atomic E-state index is 0.379. The van der Waals surface area contributed by atoms with Gasteiger partial charge in [0, 0.05) is 6.04 Å². The summed E-state index contributed by atoms with van der Waals surface area (Å²) in [6, 6.07) is 6.60. The molecular weight excluding hydrogens is 250 g/mol. The third kappa shape index (κ3) is 4.71. The Morgan fingerprint density at radius 2 is 1.80 bits per heavy atom. The molecule has 1 aromatic carbocycles. The zero-order chi connectivity index (χ0) is 15.0. The molecule has 3 nitrogen and oxygen atoms in total. The lowest BCUT2D eigenvalue weighted by Crippen LogP contribution is -2.24. The van der Waals surface area contributed by atoms with E-state index < -0.39 is 0 Å². The van der Waals surface area contributed by atoms with Gasteiger partial charge in [-0.25, -0.2) is 0 Å². The van der Waals surface area contributed by atoms with Gasteiger partial charge in [0.1, 0.15) is 0 Å². The van der Waals surface area contributed by atoms with Gasteiger partial charge in [0.2, 0.25) is 0 Å². The van der Waals surface area contributed by atoms with Crippen molar-refractivity contribution in [1.29, 1.82) is 0 Å². The van der Waals surface area contributed by atoms with Gasteiger partial charge in [0.05, 0.1) is 14.2 Å². The summed E-state index contributed by atoms with van der Waals surface area (Å²) >= 11 is 0. The van der Waals surface area contributed by atoms with Gasteiger partial charge >= 0.3 is 0 Å². The largest absolute Gasteiger partial charge is 0.493 e. The van der Waals surface area contributed by atoms with Crippen LogP contribution >= 0.6 is 0 Å². The third-order valence-electron chi connectivity index (χ3n) is 3.79. The van der Waals surface area contributed by atoms with Crippen molar-refractivity contribution in [2.24, 2.45) is 5.92 Å². The molecule has 0 aromatic heterocycles. The highest BCUT2D eigenvalue weighted by molar-refractivity contribution is 5.43. The van der Waals surface area contributed by atoms with Crippen molar-refractivity contribution in [3.63, 3.8) is 0 Å². The van der Waals surface area contributed by atoms with Gasteiger partial charge in [-0.2, -0.15) is 0 Å². The van der Waals surface area contributed by atoms with E-state index in [1.54, 1.807) is 14.2 Å². The van der Waals surface area contributed by atoms with E-state index in [1.807, 2.05) is 6.07 Å². The Hall–Kier alpha value is -1.22. The number of hydrogen-bond acceptors (Lipinski definition) is 3. The first-order chi connectivity index (χ1) is 9.65. The molecule has 0 bridgehead atoms. The van der Waals surface area contributed by atoms with E-state index in [2.05, 4.69) is 38.2 Å². The fourth-order valence-corrected chi connectivity index (χ4v) is 2.29.